The van der Waals surface area contributed by atoms with Crippen LogP contribution in [0, 0.1) is 11.7 Å². The van der Waals surface area contributed by atoms with Gasteiger partial charge in [-0.05, 0) is 31.0 Å². The summed E-state index contributed by atoms with van der Waals surface area (Å²) in [5, 5.41) is 4.48. The Bertz CT molecular complexity index is 723. The smallest absolute Gasteiger partial charge is 0.338 e. The molecule has 1 aliphatic carbocycles. The molecule has 1 aromatic carbocycles. The summed E-state index contributed by atoms with van der Waals surface area (Å²) in [7, 11) is 0. The predicted molar refractivity (Wildman–Crippen MR) is 67.5 cm³/mol. The Labute approximate surface area is 127 Å². The Kier molecular flexibility index (Phi) is 3.20. The average molecular weight is 330 g/mol. The van der Waals surface area contributed by atoms with E-state index in [-0.39, 0.29) is 24.3 Å². The fourth-order valence-corrected chi connectivity index (χ4v) is 2.82. The number of halogens is 4. The number of carbonyl (C=O) groups excluding carboxylic acids is 3. The molecule has 2 N–H and O–H groups in total. The van der Waals surface area contributed by atoms with Crippen LogP contribution in [-0.2, 0) is 15.8 Å². The first-order chi connectivity index (χ1) is 10.6. The van der Waals surface area contributed by atoms with Crippen molar-refractivity contribution in [1.29, 1.82) is 0 Å². The molecule has 3 aliphatic rings. The third kappa shape index (κ3) is 2.45. The molecular formula is C14H10F4N2O3. The van der Waals surface area contributed by atoms with Crippen LogP contribution >= 0.6 is 0 Å². The van der Waals surface area contributed by atoms with E-state index in [1.807, 2.05) is 0 Å². The van der Waals surface area contributed by atoms with Gasteiger partial charge in [0.15, 0.2) is 0 Å². The van der Waals surface area contributed by atoms with Gasteiger partial charge in [-0.15, -0.1) is 0 Å². The fourth-order valence-electron chi connectivity index (χ4n) is 2.82. The van der Waals surface area contributed by atoms with Crippen LogP contribution < -0.4 is 10.6 Å². The zero-order chi connectivity index (χ0) is 17.0. The number of imide groups is 1. The second-order valence-corrected chi connectivity index (χ2v) is 5.65. The molecule has 23 heavy (non-hydrogen) atoms. The number of carbonyl (C=O) groups is 3. The molecule has 5 nitrogen and oxygen atoms in total. The molecule has 0 unspecified atom stereocenters. The van der Waals surface area contributed by atoms with Gasteiger partial charge in [0.05, 0.1) is 5.56 Å². The number of benzene rings is 1. The molecule has 1 aromatic rings. The quantitative estimate of drug-likeness (QED) is 0.635. The lowest BCUT2D eigenvalue weighted by Gasteiger charge is -2.49. The van der Waals surface area contributed by atoms with Crippen molar-refractivity contribution in [2.24, 2.45) is 5.92 Å². The number of rotatable bonds is 2. The minimum atomic E-state index is -4.86. The van der Waals surface area contributed by atoms with E-state index >= 15 is 0 Å². The van der Waals surface area contributed by atoms with Crippen LogP contribution in [0.3, 0.4) is 0 Å². The highest BCUT2D eigenvalue weighted by molar-refractivity contribution is 6.09. The van der Waals surface area contributed by atoms with Crippen molar-refractivity contribution in [1.82, 2.24) is 10.6 Å². The van der Waals surface area contributed by atoms with Gasteiger partial charge in [-0.3, -0.25) is 19.7 Å². The van der Waals surface area contributed by atoms with E-state index in [1.54, 1.807) is 0 Å². The van der Waals surface area contributed by atoms with E-state index in [2.05, 4.69) is 10.6 Å². The molecule has 2 saturated heterocycles. The maximum absolute atomic E-state index is 13.5. The molecule has 4 rings (SSSR count). The van der Waals surface area contributed by atoms with Gasteiger partial charge in [0, 0.05) is 11.5 Å². The number of fused-ring (bicyclic) bond motifs is 2. The van der Waals surface area contributed by atoms with Crippen LogP contribution in [0.2, 0.25) is 0 Å². The van der Waals surface area contributed by atoms with Crippen molar-refractivity contribution in [2.75, 3.05) is 0 Å². The van der Waals surface area contributed by atoms with Gasteiger partial charge in [0.2, 0.25) is 5.91 Å². The molecule has 1 saturated carbocycles. The van der Waals surface area contributed by atoms with Gasteiger partial charge in [-0.1, -0.05) is 0 Å². The molecule has 3 fully saturated rings. The maximum Gasteiger partial charge on any atom is 0.419 e. The second kappa shape index (κ2) is 4.77. The van der Waals surface area contributed by atoms with Crippen LogP contribution in [0.15, 0.2) is 18.2 Å². The predicted octanol–water partition coefficient (Wildman–Crippen LogP) is 1.38. The van der Waals surface area contributed by atoms with E-state index in [4.69, 9.17) is 0 Å². The lowest BCUT2D eigenvalue weighted by molar-refractivity contribution is -0.152. The highest BCUT2D eigenvalue weighted by atomic mass is 19.4. The molecule has 2 heterocycles. The molecule has 0 radical (unpaired) electrons. The molecule has 122 valence electrons. The third-order valence-electron chi connectivity index (χ3n) is 4.12. The number of amides is 3. The van der Waals surface area contributed by atoms with E-state index in [0.717, 1.165) is 6.07 Å². The summed E-state index contributed by atoms with van der Waals surface area (Å²) in [5.41, 5.74) is -3.07. The first kappa shape index (κ1) is 15.4. The van der Waals surface area contributed by atoms with E-state index in [1.165, 1.54) is 0 Å². The van der Waals surface area contributed by atoms with Crippen LogP contribution in [0.25, 0.3) is 0 Å². The lowest BCUT2D eigenvalue weighted by atomic mass is 9.64. The summed E-state index contributed by atoms with van der Waals surface area (Å²) in [5.74, 6) is -3.90. The lowest BCUT2D eigenvalue weighted by Crippen LogP contribution is -2.73. The van der Waals surface area contributed by atoms with Crippen LogP contribution in [-0.4, -0.2) is 23.3 Å². The third-order valence-corrected chi connectivity index (χ3v) is 4.12. The normalized spacial score (nSPS) is 26.3. The van der Waals surface area contributed by atoms with Crippen LogP contribution in [0.1, 0.15) is 28.8 Å². The Hall–Kier alpha value is -2.45. The summed E-state index contributed by atoms with van der Waals surface area (Å²) in [6, 6.07) is 1.77. The molecule has 0 aromatic heterocycles. The molecule has 0 atom stereocenters. The second-order valence-electron chi connectivity index (χ2n) is 5.65. The monoisotopic (exact) mass is 330 g/mol. The molecule has 2 aliphatic heterocycles. The van der Waals surface area contributed by atoms with Gasteiger partial charge in [0.25, 0.3) is 11.8 Å². The van der Waals surface area contributed by atoms with Crippen LogP contribution in [0.5, 0.6) is 0 Å². The summed E-state index contributed by atoms with van der Waals surface area (Å²) in [4.78, 5) is 35.2. The van der Waals surface area contributed by atoms with Crippen molar-refractivity contribution >= 4 is 17.7 Å². The summed E-state index contributed by atoms with van der Waals surface area (Å²) in [6.45, 7) is 0. The van der Waals surface area contributed by atoms with Crippen LogP contribution in [0.4, 0.5) is 17.6 Å². The Morgan fingerprint density at radius 2 is 1.91 bits per heavy atom. The van der Waals surface area contributed by atoms with E-state index in [0.29, 0.717) is 12.1 Å². The Morgan fingerprint density at radius 1 is 1.26 bits per heavy atom. The standard InChI is InChI=1S/C14H10F4N2O3/c15-9-3-6(1-2-8(9)14(16,17)18)11(22)20-13-4-7(5-13)10(21)19-12(13)23/h1-3,7H,4-5H2,(H,20,22)(H,19,21,23). The summed E-state index contributed by atoms with van der Waals surface area (Å²) in [6.07, 6.45) is -4.60. The van der Waals surface area contributed by atoms with Gasteiger partial charge in [-0.2, -0.15) is 13.2 Å². The number of hydrogen-bond donors (Lipinski definition) is 2. The van der Waals surface area contributed by atoms with Crippen molar-refractivity contribution in [3.05, 3.63) is 35.1 Å². The highest BCUT2D eigenvalue weighted by Crippen LogP contribution is 2.41. The summed E-state index contributed by atoms with van der Waals surface area (Å²) >= 11 is 0. The van der Waals surface area contributed by atoms with E-state index < -0.39 is 40.8 Å². The number of alkyl halides is 3. The van der Waals surface area contributed by atoms with Crippen molar-refractivity contribution in [3.8, 4) is 0 Å². The average Bonchev–Trinajstić information content (AvgIpc) is 2.38. The zero-order valence-corrected chi connectivity index (χ0v) is 11.5. The SMILES string of the molecule is O=C(NC12CC(C1)C(=O)NC2=O)c1ccc(C(F)(F)F)c(F)c1. The number of hydrogen-bond acceptors (Lipinski definition) is 3. The largest absolute Gasteiger partial charge is 0.419 e. The zero-order valence-electron chi connectivity index (χ0n) is 11.5. The number of nitrogens with one attached hydrogen (secondary N) is 2. The Morgan fingerprint density at radius 3 is 2.43 bits per heavy atom. The van der Waals surface area contributed by atoms with Gasteiger partial charge in [0.1, 0.15) is 11.4 Å². The minimum absolute atomic E-state index is 0.131. The first-order valence-corrected chi connectivity index (χ1v) is 6.67. The topological polar surface area (TPSA) is 75.3 Å². The molecule has 0 spiro atoms. The molecular weight excluding hydrogens is 320 g/mol. The maximum atomic E-state index is 13.5. The molecule has 2 bridgehead atoms. The fraction of sp³-hybridized carbons (Fsp3) is 0.357. The van der Waals surface area contributed by atoms with Gasteiger partial charge < -0.3 is 5.32 Å². The van der Waals surface area contributed by atoms with Gasteiger partial charge >= 0.3 is 6.18 Å². The van der Waals surface area contributed by atoms with Gasteiger partial charge in [-0.25, -0.2) is 4.39 Å². The van der Waals surface area contributed by atoms with Crippen molar-refractivity contribution in [3.63, 3.8) is 0 Å². The van der Waals surface area contributed by atoms with Crippen molar-refractivity contribution in [2.45, 2.75) is 24.6 Å². The Balaban J connectivity index is 1.79. The molecule has 3 amide bonds. The number of piperidine rings is 2. The molecule has 9 heteroatoms. The van der Waals surface area contributed by atoms with Crippen molar-refractivity contribution < 1.29 is 31.9 Å². The first-order valence-electron chi connectivity index (χ1n) is 6.67. The van der Waals surface area contributed by atoms with E-state index in [9.17, 15) is 31.9 Å². The minimum Gasteiger partial charge on any atom is -0.338 e. The highest BCUT2D eigenvalue weighted by Gasteiger charge is 2.58. The summed E-state index contributed by atoms with van der Waals surface area (Å²) < 4.78 is 50.9.